The molecule has 2 N–H and O–H groups in total. The number of hydrogen-bond donors (Lipinski definition) is 2. The van der Waals surface area contributed by atoms with E-state index in [9.17, 15) is 17.6 Å². The molecule has 0 bridgehead atoms. The standard InChI is InChI=1S/C13H18FNO5S/c1-3-4-5-11(13(16)17)15-21(18,19)12-7-6-9(20-2)8-10(12)14/h6-8,11,15H,3-5H2,1-2H3,(H,16,17)/t11-/m0/s1. The summed E-state index contributed by atoms with van der Waals surface area (Å²) in [7, 11) is -2.93. The molecule has 0 aliphatic rings. The van der Waals surface area contributed by atoms with Crippen molar-refractivity contribution in [2.75, 3.05) is 7.11 Å². The van der Waals surface area contributed by atoms with Crippen LogP contribution in [0.2, 0.25) is 0 Å². The Balaban J connectivity index is 3.01. The van der Waals surface area contributed by atoms with E-state index >= 15 is 0 Å². The minimum Gasteiger partial charge on any atom is -0.497 e. The van der Waals surface area contributed by atoms with E-state index in [0.29, 0.717) is 6.42 Å². The van der Waals surface area contributed by atoms with Crippen molar-refractivity contribution in [1.29, 1.82) is 0 Å². The first-order valence-electron chi connectivity index (χ1n) is 6.40. The monoisotopic (exact) mass is 319 g/mol. The van der Waals surface area contributed by atoms with Crippen molar-refractivity contribution in [2.24, 2.45) is 0 Å². The number of hydrogen-bond acceptors (Lipinski definition) is 4. The first-order chi connectivity index (χ1) is 9.81. The summed E-state index contributed by atoms with van der Waals surface area (Å²) in [6, 6.07) is 1.97. The second-order valence-corrected chi connectivity index (χ2v) is 6.13. The van der Waals surface area contributed by atoms with Gasteiger partial charge in [-0.1, -0.05) is 19.8 Å². The van der Waals surface area contributed by atoms with Crippen LogP contribution < -0.4 is 9.46 Å². The number of halogens is 1. The SMILES string of the molecule is CCCC[C@H](NS(=O)(=O)c1ccc(OC)cc1F)C(=O)O. The molecule has 0 aromatic heterocycles. The number of benzene rings is 1. The normalized spacial score (nSPS) is 12.9. The molecule has 1 aromatic carbocycles. The Hall–Kier alpha value is -1.67. The van der Waals surface area contributed by atoms with E-state index in [1.54, 1.807) is 0 Å². The average molecular weight is 319 g/mol. The Morgan fingerprint density at radius 1 is 1.48 bits per heavy atom. The van der Waals surface area contributed by atoms with Gasteiger partial charge in [0, 0.05) is 6.07 Å². The first-order valence-corrected chi connectivity index (χ1v) is 7.88. The highest BCUT2D eigenvalue weighted by Crippen LogP contribution is 2.20. The topological polar surface area (TPSA) is 92.7 Å². The summed E-state index contributed by atoms with van der Waals surface area (Å²) < 4.78 is 44.7. The molecule has 0 spiro atoms. The van der Waals surface area contributed by atoms with Gasteiger partial charge in [-0.2, -0.15) is 4.72 Å². The number of rotatable bonds is 8. The van der Waals surface area contributed by atoms with Gasteiger partial charge in [0.1, 0.15) is 22.5 Å². The quantitative estimate of drug-likeness (QED) is 0.761. The highest BCUT2D eigenvalue weighted by molar-refractivity contribution is 7.89. The van der Waals surface area contributed by atoms with Crippen molar-refractivity contribution in [3.63, 3.8) is 0 Å². The predicted molar refractivity (Wildman–Crippen MR) is 74.2 cm³/mol. The van der Waals surface area contributed by atoms with E-state index in [1.165, 1.54) is 13.2 Å². The predicted octanol–water partition coefficient (Wildman–Crippen LogP) is 1.76. The second-order valence-electron chi connectivity index (χ2n) is 4.45. The zero-order valence-electron chi connectivity index (χ0n) is 11.8. The molecule has 0 radical (unpaired) electrons. The van der Waals surface area contributed by atoms with Gasteiger partial charge in [0.25, 0.3) is 0 Å². The molecular formula is C13H18FNO5S. The van der Waals surface area contributed by atoms with Crippen molar-refractivity contribution in [3.8, 4) is 5.75 Å². The van der Waals surface area contributed by atoms with Gasteiger partial charge in [-0.3, -0.25) is 4.79 Å². The molecule has 1 rings (SSSR count). The van der Waals surface area contributed by atoms with Crippen LogP contribution in [-0.2, 0) is 14.8 Å². The molecule has 0 heterocycles. The number of carbonyl (C=O) groups is 1. The average Bonchev–Trinajstić information content (AvgIpc) is 2.42. The zero-order valence-corrected chi connectivity index (χ0v) is 12.6. The maximum Gasteiger partial charge on any atom is 0.321 e. The Kier molecular flexibility index (Phi) is 6.10. The number of carboxylic acid groups (broad SMARTS) is 1. The van der Waals surface area contributed by atoms with Crippen LogP contribution in [0.4, 0.5) is 4.39 Å². The highest BCUT2D eigenvalue weighted by Gasteiger charge is 2.27. The number of carboxylic acids is 1. The summed E-state index contributed by atoms with van der Waals surface area (Å²) in [5, 5.41) is 9.02. The van der Waals surface area contributed by atoms with Crippen LogP contribution in [0.1, 0.15) is 26.2 Å². The van der Waals surface area contributed by atoms with Gasteiger partial charge in [0.2, 0.25) is 10.0 Å². The van der Waals surface area contributed by atoms with E-state index in [4.69, 9.17) is 9.84 Å². The molecule has 0 unspecified atom stereocenters. The third kappa shape index (κ3) is 4.68. The largest absolute Gasteiger partial charge is 0.497 e. The van der Waals surface area contributed by atoms with E-state index in [-0.39, 0.29) is 12.2 Å². The second kappa shape index (κ2) is 7.37. The van der Waals surface area contributed by atoms with Crippen LogP contribution in [0, 0.1) is 5.82 Å². The van der Waals surface area contributed by atoms with Crippen molar-refractivity contribution in [2.45, 2.75) is 37.1 Å². The molecule has 118 valence electrons. The number of unbranched alkanes of at least 4 members (excludes halogenated alkanes) is 1. The number of nitrogens with one attached hydrogen (secondary N) is 1. The third-order valence-electron chi connectivity index (χ3n) is 2.87. The van der Waals surface area contributed by atoms with Crippen LogP contribution in [0.5, 0.6) is 5.75 Å². The summed E-state index contributed by atoms with van der Waals surface area (Å²) >= 11 is 0. The van der Waals surface area contributed by atoms with Gasteiger partial charge >= 0.3 is 5.97 Å². The number of aliphatic carboxylic acids is 1. The van der Waals surface area contributed by atoms with E-state index in [2.05, 4.69) is 0 Å². The molecule has 0 fully saturated rings. The Labute approximate surface area is 123 Å². The van der Waals surface area contributed by atoms with Gasteiger partial charge in [-0.25, -0.2) is 12.8 Å². The highest BCUT2D eigenvalue weighted by atomic mass is 32.2. The molecule has 21 heavy (non-hydrogen) atoms. The summed E-state index contributed by atoms with van der Waals surface area (Å²) in [4.78, 5) is 10.5. The van der Waals surface area contributed by atoms with Crippen molar-refractivity contribution in [3.05, 3.63) is 24.0 Å². The van der Waals surface area contributed by atoms with Crippen LogP contribution >= 0.6 is 0 Å². The maximum absolute atomic E-state index is 13.8. The fraction of sp³-hybridized carbons (Fsp3) is 0.462. The summed E-state index contributed by atoms with van der Waals surface area (Å²) in [6.45, 7) is 1.86. The Morgan fingerprint density at radius 2 is 2.14 bits per heavy atom. The molecule has 1 atom stereocenters. The fourth-order valence-corrected chi connectivity index (χ4v) is 3.00. The molecule has 0 aliphatic heterocycles. The van der Waals surface area contributed by atoms with Crippen LogP contribution in [0.15, 0.2) is 23.1 Å². The van der Waals surface area contributed by atoms with E-state index in [0.717, 1.165) is 18.6 Å². The molecule has 0 saturated heterocycles. The molecule has 6 nitrogen and oxygen atoms in total. The van der Waals surface area contributed by atoms with E-state index in [1.807, 2.05) is 11.6 Å². The van der Waals surface area contributed by atoms with Crippen LogP contribution in [-0.4, -0.2) is 32.6 Å². The first kappa shape index (κ1) is 17.4. The van der Waals surface area contributed by atoms with Crippen molar-refractivity contribution >= 4 is 16.0 Å². The summed E-state index contributed by atoms with van der Waals surface area (Å²) in [5.74, 6) is -2.12. The molecule has 8 heteroatoms. The number of sulfonamides is 1. The number of ether oxygens (including phenoxy) is 1. The Morgan fingerprint density at radius 3 is 2.62 bits per heavy atom. The minimum atomic E-state index is -4.25. The van der Waals surface area contributed by atoms with Gasteiger partial charge in [0.05, 0.1) is 7.11 Å². The lowest BCUT2D eigenvalue weighted by molar-refractivity contribution is -0.139. The maximum atomic E-state index is 13.8. The third-order valence-corrected chi connectivity index (χ3v) is 4.38. The van der Waals surface area contributed by atoms with Crippen molar-refractivity contribution in [1.82, 2.24) is 4.72 Å². The Bertz CT molecular complexity index is 603. The lowest BCUT2D eigenvalue weighted by Gasteiger charge is -2.15. The van der Waals surface area contributed by atoms with Gasteiger partial charge < -0.3 is 9.84 Å². The van der Waals surface area contributed by atoms with E-state index < -0.39 is 32.7 Å². The molecule has 0 amide bonds. The van der Waals surface area contributed by atoms with Crippen LogP contribution in [0.25, 0.3) is 0 Å². The van der Waals surface area contributed by atoms with Gasteiger partial charge in [0.15, 0.2) is 0 Å². The molecular weight excluding hydrogens is 301 g/mol. The molecule has 0 saturated carbocycles. The fourth-order valence-electron chi connectivity index (χ4n) is 1.72. The van der Waals surface area contributed by atoms with Gasteiger partial charge in [-0.15, -0.1) is 0 Å². The smallest absolute Gasteiger partial charge is 0.321 e. The zero-order chi connectivity index (χ0) is 16.0. The molecule has 1 aromatic rings. The lowest BCUT2D eigenvalue weighted by Crippen LogP contribution is -2.40. The lowest BCUT2D eigenvalue weighted by atomic mass is 10.1. The minimum absolute atomic E-state index is 0.142. The summed E-state index contributed by atoms with van der Waals surface area (Å²) in [5.41, 5.74) is 0. The van der Waals surface area contributed by atoms with Crippen molar-refractivity contribution < 1.29 is 27.4 Å². The van der Waals surface area contributed by atoms with Gasteiger partial charge in [-0.05, 0) is 18.6 Å². The molecule has 0 aliphatic carbocycles. The van der Waals surface area contributed by atoms with Crippen LogP contribution in [0.3, 0.4) is 0 Å². The number of methoxy groups -OCH3 is 1. The summed E-state index contributed by atoms with van der Waals surface area (Å²) in [6.07, 6.45) is 1.41.